The fraction of sp³-hybridized carbons (Fsp3) is 0.125. The van der Waals surface area contributed by atoms with E-state index in [0.717, 1.165) is 6.07 Å². The Morgan fingerprint density at radius 2 is 1.76 bits per heavy atom. The normalized spacial score (nSPS) is 11.6. The molecule has 0 saturated heterocycles. The van der Waals surface area contributed by atoms with Crippen LogP contribution in [0.5, 0.6) is 0 Å². The van der Waals surface area contributed by atoms with Crippen molar-refractivity contribution in [3.63, 3.8) is 0 Å². The van der Waals surface area contributed by atoms with Gasteiger partial charge in [-0.05, 0) is 42.5 Å². The highest BCUT2D eigenvalue weighted by Crippen LogP contribution is 2.36. The van der Waals surface area contributed by atoms with Crippen molar-refractivity contribution in [3.05, 3.63) is 64.2 Å². The lowest BCUT2D eigenvalue weighted by Crippen LogP contribution is -2.07. The van der Waals surface area contributed by atoms with Crippen LogP contribution in [0.15, 0.2) is 51.4 Å². The van der Waals surface area contributed by atoms with Crippen LogP contribution in [0.1, 0.15) is 11.5 Å². The van der Waals surface area contributed by atoms with E-state index in [2.05, 4.69) is 31.4 Å². The van der Waals surface area contributed by atoms with Crippen LogP contribution >= 0.6 is 15.9 Å². The molecule has 9 heteroatoms. The van der Waals surface area contributed by atoms with Crippen molar-refractivity contribution in [2.24, 2.45) is 0 Å². The van der Waals surface area contributed by atoms with E-state index in [1.54, 1.807) is 0 Å². The second kappa shape index (κ2) is 6.83. The molecule has 0 fully saturated rings. The smallest absolute Gasteiger partial charge is 0.417 e. The van der Waals surface area contributed by atoms with E-state index in [9.17, 15) is 17.6 Å². The summed E-state index contributed by atoms with van der Waals surface area (Å²) in [5, 5.41) is 10.4. The predicted octanol–water partition coefficient (Wildman–Crippen LogP) is 5.27. The van der Waals surface area contributed by atoms with E-state index in [1.807, 2.05) is 0 Å². The van der Waals surface area contributed by atoms with Crippen LogP contribution in [0, 0.1) is 5.82 Å². The maximum absolute atomic E-state index is 12.9. The molecule has 2 aromatic carbocycles. The number of nitrogens with one attached hydrogen (secondary N) is 1. The van der Waals surface area contributed by atoms with Gasteiger partial charge in [0.25, 0.3) is 0 Å². The summed E-state index contributed by atoms with van der Waals surface area (Å²) in [6, 6.07) is 9.30. The average Bonchev–Trinajstić information content (AvgIpc) is 3.02. The Kier molecular flexibility index (Phi) is 4.76. The van der Waals surface area contributed by atoms with Crippen LogP contribution in [-0.4, -0.2) is 10.2 Å². The van der Waals surface area contributed by atoms with Crippen molar-refractivity contribution in [1.29, 1.82) is 0 Å². The molecule has 0 aliphatic carbocycles. The van der Waals surface area contributed by atoms with Gasteiger partial charge in [0.05, 0.1) is 12.1 Å². The lowest BCUT2D eigenvalue weighted by molar-refractivity contribution is -0.138. The minimum absolute atomic E-state index is 0.0399. The van der Waals surface area contributed by atoms with Crippen LogP contribution < -0.4 is 5.32 Å². The summed E-state index contributed by atoms with van der Waals surface area (Å²) in [5.41, 5.74) is 0.0234. The molecule has 3 aromatic rings. The first kappa shape index (κ1) is 17.4. The number of alkyl halides is 3. The number of aromatic nitrogens is 2. The Morgan fingerprint density at radius 3 is 2.44 bits per heavy atom. The SMILES string of the molecule is Fc1ccc(-c2nnc(CNc3ccc(Br)c(C(F)(F)F)c3)o2)cc1. The third-order valence-electron chi connectivity index (χ3n) is 3.27. The predicted molar refractivity (Wildman–Crippen MR) is 86.2 cm³/mol. The van der Waals surface area contributed by atoms with Gasteiger partial charge < -0.3 is 9.73 Å². The van der Waals surface area contributed by atoms with Crippen molar-refractivity contribution in [1.82, 2.24) is 10.2 Å². The zero-order chi connectivity index (χ0) is 18.0. The Balaban J connectivity index is 1.71. The van der Waals surface area contributed by atoms with Crippen molar-refractivity contribution in [3.8, 4) is 11.5 Å². The molecule has 130 valence electrons. The standard InChI is InChI=1S/C16H10BrF4N3O/c17-13-6-5-11(7-12(13)16(19,20)21)22-8-14-23-24-15(25-14)9-1-3-10(18)4-2-9/h1-7,22H,8H2. The van der Waals surface area contributed by atoms with Crippen LogP contribution in [0.25, 0.3) is 11.5 Å². The largest absolute Gasteiger partial charge is 0.419 e. The molecule has 0 aliphatic heterocycles. The maximum atomic E-state index is 12.9. The number of halogens is 5. The van der Waals surface area contributed by atoms with E-state index in [1.165, 1.54) is 36.4 Å². The van der Waals surface area contributed by atoms with E-state index in [0.29, 0.717) is 5.56 Å². The fourth-order valence-corrected chi connectivity index (χ4v) is 2.54. The third kappa shape index (κ3) is 4.16. The average molecular weight is 416 g/mol. The lowest BCUT2D eigenvalue weighted by Gasteiger charge is -2.11. The second-order valence-electron chi connectivity index (χ2n) is 5.05. The Hall–Kier alpha value is -2.42. The first-order valence-corrected chi connectivity index (χ1v) is 7.81. The Morgan fingerprint density at radius 1 is 1.04 bits per heavy atom. The molecule has 3 rings (SSSR count). The lowest BCUT2D eigenvalue weighted by atomic mass is 10.2. The monoisotopic (exact) mass is 415 g/mol. The molecule has 1 heterocycles. The molecule has 25 heavy (non-hydrogen) atoms. The fourth-order valence-electron chi connectivity index (χ4n) is 2.06. The van der Waals surface area contributed by atoms with E-state index in [-0.39, 0.29) is 34.3 Å². The number of hydrogen-bond donors (Lipinski definition) is 1. The Bertz CT molecular complexity index is 878. The highest BCUT2D eigenvalue weighted by atomic mass is 79.9. The van der Waals surface area contributed by atoms with Gasteiger partial charge >= 0.3 is 6.18 Å². The van der Waals surface area contributed by atoms with Crippen LogP contribution in [0.3, 0.4) is 0 Å². The molecular formula is C16H10BrF4N3O. The molecule has 1 aromatic heterocycles. The summed E-state index contributed by atoms with van der Waals surface area (Å²) in [6.45, 7) is 0.0487. The van der Waals surface area contributed by atoms with Gasteiger partial charge in [-0.2, -0.15) is 13.2 Å². The number of nitrogens with zero attached hydrogens (tertiary/aromatic N) is 2. The zero-order valence-corrected chi connectivity index (χ0v) is 14.0. The van der Waals surface area contributed by atoms with Gasteiger partial charge in [-0.25, -0.2) is 4.39 Å². The van der Waals surface area contributed by atoms with Gasteiger partial charge in [-0.15, -0.1) is 10.2 Å². The minimum atomic E-state index is -4.46. The van der Waals surface area contributed by atoms with Crippen LogP contribution in [0.4, 0.5) is 23.2 Å². The van der Waals surface area contributed by atoms with Crippen molar-refractivity contribution >= 4 is 21.6 Å². The van der Waals surface area contributed by atoms with E-state index in [4.69, 9.17) is 4.42 Å². The molecule has 0 bridgehead atoms. The quantitative estimate of drug-likeness (QED) is 0.589. The molecule has 0 amide bonds. The first-order valence-electron chi connectivity index (χ1n) is 7.02. The topological polar surface area (TPSA) is 51.0 Å². The number of benzene rings is 2. The molecular weight excluding hydrogens is 406 g/mol. The first-order chi connectivity index (χ1) is 11.8. The van der Waals surface area contributed by atoms with Gasteiger partial charge in [-0.3, -0.25) is 0 Å². The molecule has 0 radical (unpaired) electrons. The van der Waals surface area contributed by atoms with E-state index < -0.39 is 11.7 Å². The van der Waals surface area contributed by atoms with Crippen LogP contribution in [-0.2, 0) is 12.7 Å². The second-order valence-corrected chi connectivity index (χ2v) is 5.91. The molecule has 0 spiro atoms. The highest BCUT2D eigenvalue weighted by Gasteiger charge is 2.33. The van der Waals surface area contributed by atoms with Crippen molar-refractivity contribution in [2.45, 2.75) is 12.7 Å². The number of rotatable bonds is 4. The summed E-state index contributed by atoms with van der Waals surface area (Å²) in [6.07, 6.45) is -4.46. The van der Waals surface area contributed by atoms with Crippen LogP contribution in [0.2, 0.25) is 0 Å². The third-order valence-corrected chi connectivity index (χ3v) is 3.97. The molecule has 0 atom stereocenters. The van der Waals surface area contributed by atoms with Crippen molar-refractivity contribution in [2.75, 3.05) is 5.32 Å². The summed E-state index contributed by atoms with van der Waals surface area (Å²) in [4.78, 5) is 0. The summed E-state index contributed by atoms with van der Waals surface area (Å²) in [5.74, 6) is 0.000233. The highest BCUT2D eigenvalue weighted by molar-refractivity contribution is 9.10. The number of anilines is 1. The summed E-state index contributed by atoms with van der Waals surface area (Å²) >= 11 is 2.88. The molecule has 0 unspecified atom stereocenters. The van der Waals surface area contributed by atoms with Gasteiger partial charge in [0, 0.05) is 15.7 Å². The van der Waals surface area contributed by atoms with Gasteiger partial charge in [0.15, 0.2) is 0 Å². The summed E-state index contributed by atoms with van der Waals surface area (Å²) in [7, 11) is 0. The minimum Gasteiger partial charge on any atom is -0.419 e. The molecule has 0 aliphatic rings. The maximum Gasteiger partial charge on any atom is 0.417 e. The van der Waals surface area contributed by atoms with Gasteiger partial charge in [0.2, 0.25) is 11.8 Å². The number of hydrogen-bond acceptors (Lipinski definition) is 4. The summed E-state index contributed by atoms with van der Waals surface area (Å²) < 4.78 is 56.9. The van der Waals surface area contributed by atoms with Crippen molar-refractivity contribution < 1.29 is 22.0 Å². The Labute approximate surface area is 148 Å². The van der Waals surface area contributed by atoms with Gasteiger partial charge in [-0.1, -0.05) is 15.9 Å². The van der Waals surface area contributed by atoms with E-state index >= 15 is 0 Å². The molecule has 4 nitrogen and oxygen atoms in total. The molecule has 1 N–H and O–H groups in total. The zero-order valence-electron chi connectivity index (χ0n) is 12.4. The molecule has 0 saturated carbocycles. The van der Waals surface area contributed by atoms with Gasteiger partial charge in [0.1, 0.15) is 5.82 Å².